The molecule has 0 spiro atoms. The van der Waals surface area contributed by atoms with Crippen LogP contribution in [0.15, 0.2) is 0 Å². The normalized spacial score (nSPS) is 22.5. The molecule has 112 valence electrons. The Labute approximate surface area is 122 Å². The third-order valence-electron chi connectivity index (χ3n) is 3.50. The summed E-state index contributed by atoms with van der Waals surface area (Å²) in [6.07, 6.45) is 6.54. The summed E-state index contributed by atoms with van der Waals surface area (Å²) >= 11 is 5.88. The average molecular weight is 290 g/mol. The minimum absolute atomic E-state index is 0.0329. The summed E-state index contributed by atoms with van der Waals surface area (Å²) in [6.45, 7) is 7.56. The van der Waals surface area contributed by atoms with Gasteiger partial charge in [0, 0.05) is 19.5 Å². The monoisotopic (exact) mass is 289 g/mol. The van der Waals surface area contributed by atoms with E-state index in [2.05, 4.69) is 6.92 Å². The highest BCUT2D eigenvalue weighted by Crippen LogP contribution is 2.22. The van der Waals surface area contributed by atoms with Gasteiger partial charge in [-0.05, 0) is 20.3 Å². The molecule has 0 aliphatic carbocycles. The van der Waals surface area contributed by atoms with E-state index in [0.717, 1.165) is 12.8 Å². The number of amides is 1. The van der Waals surface area contributed by atoms with Crippen molar-refractivity contribution in [2.75, 3.05) is 19.0 Å². The van der Waals surface area contributed by atoms with Gasteiger partial charge in [-0.3, -0.25) is 4.79 Å². The zero-order valence-corrected chi connectivity index (χ0v) is 13.3. The van der Waals surface area contributed by atoms with Gasteiger partial charge in [0.2, 0.25) is 5.91 Å². The molecule has 3 nitrogen and oxygen atoms in total. The fourth-order valence-electron chi connectivity index (χ4n) is 2.60. The predicted octanol–water partition coefficient (Wildman–Crippen LogP) is 3.59. The van der Waals surface area contributed by atoms with Crippen molar-refractivity contribution >= 4 is 17.5 Å². The first-order valence-corrected chi connectivity index (χ1v) is 8.03. The molecule has 0 aromatic heterocycles. The third kappa shape index (κ3) is 6.13. The standard InChI is InChI=1S/C15H28ClNO2/c1-4-5-6-7-8-9-14(18)17-11-13(10-16)19-15(2,3)12-17/h13H,4-12H2,1-3H3. The largest absolute Gasteiger partial charge is 0.367 e. The molecule has 4 heteroatoms. The fraction of sp³-hybridized carbons (Fsp3) is 0.933. The van der Waals surface area contributed by atoms with Gasteiger partial charge in [-0.1, -0.05) is 32.6 Å². The molecule has 1 unspecified atom stereocenters. The van der Waals surface area contributed by atoms with Gasteiger partial charge in [-0.2, -0.15) is 0 Å². The SMILES string of the molecule is CCCCCCCC(=O)N1CC(CCl)OC(C)(C)C1. The Hall–Kier alpha value is -0.280. The number of halogens is 1. The van der Waals surface area contributed by atoms with Gasteiger partial charge >= 0.3 is 0 Å². The van der Waals surface area contributed by atoms with Crippen LogP contribution < -0.4 is 0 Å². The van der Waals surface area contributed by atoms with Gasteiger partial charge in [0.1, 0.15) is 0 Å². The molecule has 0 aromatic carbocycles. The third-order valence-corrected chi connectivity index (χ3v) is 3.84. The van der Waals surface area contributed by atoms with Crippen LogP contribution in [0.2, 0.25) is 0 Å². The second kappa shape index (κ2) is 8.11. The number of hydrogen-bond acceptors (Lipinski definition) is 2. The quantitative estimate of drug-likeness (QED) is 0.529. The number of carbonyl (C=O) groups is 1. The van der Waals surface area contributed by atoms with Crippen molar-refractivity contribution in [3.63, 3.8) is 0 Å². The molecular formula is C15H28ClNO2. The molecule has 0 radical (unpaired) electrons. The maximum Gasteiger partial charge on any atom is 0.222 e. The highest BCUT2D eigenvalue weighted by molar-refractivity contribution is 6.18. The predicted molar refractivity (Wildman–Crippen MR) is 79.6 cm³/mol. The van der Waals surface area contributed by atoms with E-state index in [0.29, 0.717) is 25.4 Å². The number of carbonyl (C=O) groups excluding carboxylic acids is 1. The van der Waals surface area contributed by atoms with Crippen LogP contribution in [0.1, 0.15) is 59.3 Å². The molecule has 0 bridgehead atoms. The summed E-state index contributed by atoms with van der Waals surface area (Å²) in [5.74, 6) is 0.701. The zero-order valence-electron chi connectivity index (χ0n) is 12.6. The van der Waals surface area contributed by atoms with Crippen molar-refractivity contribution in [1.29, 1.82) is 0 Å². The smallest absolute Gasteiger partial charge is 0.222 e. The lowest BCUT2D eigenvalue weighted by atomic mass is 10.0. The summed E-state index contributed by atoms with van der Waals surface area (Å²) < 4.78 is 5.84. The van der Waals surface area contributed by atoms with Crippen LogP contribution in [-0.2, 0) is 9.53 Å². The average Bonchev–Trinajstić information content (AvgIpc) is 2.36. The van der Waals surface area contributed by atoms with E-state index < -0.39 is 0 Å². The van der Waals surface area contributed by atoms with Crippen molar-refractivity contribution in [3.05, 3.63) is 0 Å². The van der Waals surface area contributed by atoms with E-state index >= 15 is 0 Å². The lowest BCUT2D eigenvalue weighted by Crippen LogP contribution is -2.55. The van der Waals surface area contributed by atoms with E-state index in [4.69, 9.17) is 16.3 Å². The van der Waals surface area contributed by atoms with Crippen LogP contribution in [0.3, 0.4) is 0 Å². The summed E-state index contributed by atoms with van der Waals surface area (Å²) in [6, 6.07) is 0. The van der Waals surface area contributed by atoms with Crippen molar-refractivity contribution in [1.82, 2.24) is 4.90 Å². The summed E-state index contributed by atoms with van der Waals surface area (Å²) in [5.41, 5.74) is -0.282. The first-order chi connectivity index (χ1) is 8.98. The van der Waals surface area contributed by atoms with Crippen LogP contribution in [-0.4, -0.2) is 41.5 Å². The fourth-order valence-corrected chi connectivity index (χ4v) is 2.76. The Bertz CT molecular complexity index is 281. The van der Waals surface area contributed by atoms with E-state index in [1.54, 1.807) is 0 Å². The van der Waals surface area contributed by atoms with Crippen LogP contribution in [0.5, 0.6) is 0 Å². The molecule has 1 amide bonds. The zero-order chi connectivity index (χ0) is 14.3. The highest BCUT2D eigenvalue weighted by Gasteiger charge is 2.34. The summed E-state index contributed by atoms with van der Waals surface area (Å²) in [7, 11) is 0. The van der Waals surface area contributed by atoms with Crippen LogP contribution in [0, 0.1) is 0 Å². The molecule has 1 fully saturated rings. The molecule has 1 saturated heterocycles. The molecule has 1 atom stereocenters. The second-order valence-electron chi connectivity index (χ2n) is 6.09. The van der Waals surface area contributed by atoms with Crippen LogP contribution >= 0.6 is 11.6 Å². The van der Waals surface area contributed by atoms with E-state index in [-0.39, 0.29) is 17.6 Å². The maximum absolute atomic E-state index is 12.2. The Morgan fingerprint density at radius 2 is 2.00 bits per heavy atom. The molecule has 0 aromatic rings. The van der Waals surface area contributed by atoms with Crippen molar-refractivity contribution in [3.8, 4) is 0 Å². The van der Waals surface area contributed by atoms with Crippen LogP contribution in [0.4, 0.5) is 0 Å². The van der Waals surface area contributed by atoms with E-state index in [9.17, 15) is 4.79 Å². The second-order valence-corrected chi connectivity index (χ2v) is 6.40. The molecule has 1 aliphatic rings. The molecule has 1 aliphatic heterocycles. The number of ether oxygens (including phenoxy) is 1. The lowest BCUT2D eigenvalue weighted by molar-refractivity contribution is -0.157. The molecule has 1 rings (SSSR count). The Morgan fingerprint density at radius 1 is 1.32 bits per heavy atom. The van der Waals surface area contributed by atoms with Gasteiger partial charge in [-0.15, -0.1) is 11.6 Å². The Morgan fingerprint density at radius 3 is 2.63 bits per heavy atom. The molecule has 19 heavy (non-hydrogen) atoms. The topological polar surface area (TPSA) is 29.5 Å². The first-order valence-electron chi connectivity index (χ1n) is 7.50. The van der Waals surface area contributed by atoms with Crippen molar-refractivity contribution in [2.45, 2.75) is 71.0 Å². The maximum atomic E-state index is 12.2. The Kier molecular flexibility index (Phi) is 7.16. The highest BCUT2D eigenvalue weighted by atomic mass is 35.5. The number of hydrogen-bond donors (Lipinski definition) is 0. The number of rotatable bonds is 7. The van der Waals surface area contributed by atoms with E-state index in [1.807, 2.05) is 18.7 Å². The molecule has 1 heterocycles. The number of alkyl halides is 1. The van der Waals surface area contributed by atoms with Gasteiger partial charge < -0.3 is 9.64 Å². The van der Waals surface area contributed by atoms with E-state index in [1.165, 1.54) is 19.3 Å². The summed E-state index contributed by atoms with van der Waals surface area (Å²) in [5, 5.41) is 0. The molecular weight excluding hydrogens is 262 g/mol. The van der Waals surface area contributed by atoms with Crippen molar-refractivity contribution < 1.29 is 9.53 Å². The molecule has 0 saturated carbocycles. The number of unbranched alkanes of at least 4 members (excludes halogenated alkanes) is 4. The van der Waals surface area contributed by atoms with Gasteiger partial charge in [0.25, 0.3) is 0 Å². The Balaban J connectivity index is 2.34. The number of nitrogens with zero attached hydrogens (tertiary/aromatic N) is 1. The number of morpholine rings is 1. The minimum atomic E-state index is -0.282. The first kappa shape index (κ1) is 16.8. The van der Waals surface area contributed by atoms with Crippen LogP contribution in [0.25, 0.3) is 0 Å². The lowest BCUT2D eigenvalue weighted by Gasteiger charge is -2.42. The van der Waals surface area contributed by atoms with Gasteiger partial charge in [0.05, 0.1) is 17.6 Å². The van der Waals surface area contributed by atoms with Gasteiger partial charge in [-0.25, -0.2) is 0 Å². The van der Waals surface area contributed by atoms with Crippen molar-refractivity contribution in [2.24, 2.45) is 0 Å². The summed E-state index contributed by atoms with van der Waals surface area (Å²) in [4.78, 5) is 14.1. The minimum Gasteiger partial charge on any atom is -0.367 e. The van der Waals surface area contributed by atoms with Gasteiger partial charge in [0.15, 0.2) is 0 Å². The molecule has 0 N–H and O–H groups in total.